The normalized spacial score (nSPS) is 15.6. The van der Waals surface area contributed by atoms with Gasteiger partial charge in [-0.3, -0.25) is 4.79 Å². The number of ether oxygens (including phenoxy) is 2. The summed E-state index contributed by atoms with van der Waals surface area (Å²) in [4.78, 5) is 24.9. The molecule has 0 spiro atoms. The van der Waals surface area contributed by atoms with Crippen LogP contribution in [0.2, 0.25) is 5.02 Å². The number of fused-ring (bicyclic) bond motifs is 2. The number of benzene rings is 3. The second-order valence-electron chi connectivity index (χ2n) is 9.70. The van der Waals surface area contributed by atoms with Gasteiger partial charge in [0.2, 0.25) is 5.91 Å². The lowest BCUT2D eigenvalue weighted by molar-refractivity contribution is -0.132. The van der Waals surface area contributed by atoms with Gasteiger partial charge in [-0.2, -0.15) is 0 Å². The number of aromatic hydroxyl groups is 1. The van der Waals surface area contributed by atoms with Crippen LogP contribution in [0.15, 0.2) is 78.2 Å². The van der Waals surface area contributed by atoms with Crippen molar-refractivity contribution < 1.29 is 19.4 Å². The number of aliphatic imine (C=N–C) groups is 1. The number of amides is 1. The fourth-order valence-electron chi connectivity index (χ4n) is 4.87. The molecule has 0 bridgehead atoms. The van der Waals surface area contributed by atoms with Gasteiger partial charge in [0.05, 0.1) is 28.9 Å². The molecule has 3 aromatic carbocycles. The van der Waals surface area contributed by atoms with Gasteiger partial charge in [-0.25, -0.2) is 4.99 Å². The maximum absolute atomic E-state index is 12.8. The molecule has 1 amide bonds. The number of carbonyl (C=O) groups excluding carboxylic acids is 1. The van der Waals surface area contributed by atoms with Gasteiger partial charge in [-0.15, -0.1) is 0 Å². The highest BCUT2D eigenvalue weighted by atomic mass is 35.5. The van der Waals surface area contributed by atoms with Gasteiger partial charge < -0.3 is 29.4 Å². The largest absolute Gasteiger partial charge is 0.494 e. The standard InChI is InChI=1S/C30H27ClN4O4/c1-34-10-12-35(13-11-34)27(36)16-19-2-6-22(7-3-19)32-29(20-4-9-25-26(17-20)39-15-14-38-25)28-23-8-5-21(31)18-24(23)33-30(28)37/h2-9,14-15,17-18,33,37H,10-13,16H2,1H3. The number of aromatic amines is 1. The van der Waals surface area contributed by atoms with Crippen LogP contribution >= 0.6 is 11.6 Å². The zero-order valence-corrected chi connectivity index (χ0v) is 22.1. The number of halogens is 1. The second kappa shape index (κ2) is 10.5. The van der Waals surface area contributed by atoms with E-state index in [9.17, 15) is 9.90 Å². The van der Waals surface area contributed by atoms with Gasteiger partial charge in [-0.05, 0) is 55.1 Å². The number of aromatic nitrogens is 1. The van der Waals surface area contributed by atoms with E-state index in [4.69, 9.17) is 26.1 Å². The molecule has 0 unspecified atom stereocenters. The summed E-state index contributed by atoms with van der Waals surface area (Å²) in [6.45, 7) is 3.30. The fourth-order valence-corrected chi connectivity index (χ4v) is 5.04. The Morgan fingerprint density at radius 1 is 0.974 bits per heavy atom. The van der Waals surface area contributed by atoms with Crippen LogP contribution < -0.4 is 9.47 Å². The zero-order valence-electron chi connectivity index (χ0n) is 21.4. The highest BCUT2D eigenvalue weighted by molar-refractivity contribution is 6.31. The molecule has 2 aliphatic rings. The Balaban J connectivity index is 1.35. The summed E-state index contributed by atoms with van der Waals surface area (Å²) in [6.07, 6.45) is 3.29. The van der Waals surface area contributed by atoms with E-state index in [1.165, 1.54) is 12.5 Å². The van der Waals surface area contributed by atoms with Crippen LogP contribution in [0.25, 0.3) is 10.9 Å². The number of hydrogen-bond acceptors (Lipinski definition) is 6. The van der Waals surface area contributed by atoms with Crippen LogP contribution in [0.4, 0.5) is 5.69 Å². The van der Waals surface area contributed by atoms with Crippen molar-refractivity contribution in [3.63, 3.8) is 0 Å². The van der Waals surface area contributed by atoms with Gasteiger partial charge >= 0.3 is 0 Å². The topological polar surface area (TPSA) is 90.4 Å². The SMILES string of the molecule is CN1CCN(C(=O)Cc2ccc(N=C(c3ccc4c(c3)OC=CO4)c3c(O)[nH]c4cc(Cl)ccc34)cc2)CC1. The lowest BCUT2D eigenvalue weighted by atomic mass is 10.00. The van der Waals surface area contributed by atoms with Crippen molar-refractivity contribution in [2.24, 2.45) is 4.99 Å². The molecule has 4 aromatic rings. The number of hydrogen-bond donors (Lipinski definition) is 2. The minimum absolute atomic E-state index is 0.0183. The average Bonchev–Trinajstić information content (AvgIpc) is 3.27. The number of carbonyl (C=O) groups is 1. The Morgan fingerprint density at radius 2 is 1.72 bits per heavy atom. The van der Waals surface area contributed by atoms with Crippen molar-refractivity contribution in [1.29, 1.82) is 0 Å². The fraction of sp³-hybridized carbons (Fsp3) is 0.200. The van der Waals surface area contributed by atoms with Gasteiger partial charge in [0.25, 0.3) is 0 Å². The molecule has 198 valence electrons. The molecule has 0 radical (unpaired) electrons. The molecule has 39 heavy (non-hydrogen) atoms. The van der Waals surface area contributed by atoms with E-state index in [0.29, 0.717) is 45.4 Å². The first-order valence-electron chi connectivity index (χ1n) is 12.7. The summed E-state index contributed by atoms with van der Waals surface area (Å²) >= 11 is 6.19. The van der Waals surface area contributed by atoms with Crippen LogP contribution in [0.3, 0.4) is 0 Å². The third kappa shape index (κ3) is 5.21. The Morgan fingerprint density at radius 3 is 2.49 bits per heavy atom. The van der Waals surface area contributed by atoms with Crippen molar-refractivity contribution in [2.45, 2.75) is 6.42 Å². The van der Waals surface area contributed by atoms with Crippen LogP contribution in [-0.2, 0) is 11.2 Å². The molecule has 8 nitrogen and oxygen atoms in total. The summed E-state index contributed by atoms with van der Waals surface area (Å²) in [7, 11) is 2.07. The van der Waals surface area contributed by atoms with Crippen molar-refractivity contribution in [3.05, 3.63) is 94.9 Å². The summed E-state index contributed by atoms with van der Waals surface area (Å²) in [5.41, 5.74) is 4.12. The molecule has 0 saturated carbocycles. The Hall–Kier alpha value is -4.27. The summed E-state index contributed by atoms with van der Waals surface area (Å²) < 4.78 is 11.2. The highest BCUT2D eigenvalue weighted by Gasteiger charge is 2.22. The number of likely N-dealkylation sites (N-methyl/N-ethyl adjacent to an activating group) is 1. The van der Waals surface area contributed by atoms with E-state index in [1.54, 1.807) is 18.2 Å². The Labute approximate surface area is 230 Å². The molecule has 0 aliphatic carbocycles. The van der Waals surface area contributed by atoms with Crippen LogP contribution in [-0.4, -0.2) is 64.7 Å². The van der Waals surface area contributed by atoms with Crippen molar-refractivity contribution in [1.82, 2.24) is 14.8 Å². The van der Waals surface area contributed by atoms with Crippen molar-refractivity contribution in [2.75, 3.05) is 33.2 Å². The smallest absolute Gasteiger partial charge is 0.227 e. The van der Waals surface area contributed by atoms with Crippen LogP contribution in [0, 0.1) is 0 Å². The van der Waals surface area contributed by atoms with Crippen molar-refractivity contribution >= 4 is 39.8 Å². The van der Waals surface area contributed by atoms with Gasteiger partial charge in [0.15, 0.2) is 17.4 Å². The minimum Gasteiger partial charge on any atom is -0.494 e. The monoisotopic (exact) mass is 542 g/mol. The second-order valence-corrected chi connectivity index (χ2v) is 10.1. The van der Waals surface area contributed by atoms with E-state index in [1.807, 2.05) is 47.4 Å². The number of rotatable bonds is 5. The lowest BCUT2D eigenvalue weighted by Gasteiger charge is -2.32. The minimum atomic E-state index is -0.0183. The Bertz CT molecular complexity index is 1600. The maximum Gasteiger partial charge on any atom is 0.227 e. The van der Waals surface area contributed by atoms with Crippen LogP contribution in [0.1, 0.15) is 16.7 Å². The molecule has 3 heterocycles. The van der Waals surface area contributed by atoms with E-state index in [0.717, 1.165) is 42.7 Å². The number of piperazine rings is 1. The van der Waals surface area contributed by atoms with E-state index < -0.39 is 0 Å². The maximum atomic E-state index is 12.8. The number of H-pyrrole nitrogens is 1. The summed E-state index contributed by atoms with van der Waals surface area (Å²) in [5, 5.41) is 12.3. The predicted octanol–water partition coefficient (Wildman–Crippen LogP) is 5.25. The molecule has 1 fully saturated rings. The molecular weight excluding hydrogens is 516 g/mol. The van der Waals surface area contributed by atoms with E-state index >= 15 is 0 Å². The van der Waals surface area contributed by atoms with Gasteiger partial charge in [-0.1, -0.05) is 29.8 Å². The predicted molar refractivity (Wildman–Crippen MR) is 151 cm³/mol. The first kappa shape index (κ1) is 25.0. The van der Waals surface area contributed by atoms with Gasteiger partial charge in [0, 0.05) is 42.2 Å². The lowest BCUT2D eigenvalue weighted by Crippen LogP contribution is -2.47. The molecule has 9 heteroatoms. The van der Waals surface area contributed by atoms with Gasteiger partial charge in [0.1, 0.15) is 12.5 Å². The van der Waals surface area contributed by atoms with E-state index in [-0.39, 0.29) is 11.8 Å². The quantitative estimate of drug-likeness (QED) is 0.336. The number of nitrogens with one attached hydrogen (secondary N) is 1. The first-order valence-corrected chi connectivity index (χ1v) is 13.1. The van der Waals surface area contributed by atoms with Crippen LogP contribution in [0.5, 0.6) is 17.4 Å². The third-order valence-electron chi connectivity index (χ3n) is 7.03. The third-order valence-corrected chi connectivity index (χ3v) is 7.26. The van der Waals surface area contributed by atoms with Crippen molar-refractivity contribution in [3.8, 4) is 17.4 Å². The summed E-state index contributed by atoms with van der Waals surface area (Å²) in [5.74, 6) is 1.25. The molecule has 2 aliphatic heterocycles. The molecule has 0 atom stereocenters. The summed E-state index contributed by atoms with van der Waals surface area (Å²) in [6, 6.07) is 18.5. The average molecular weight is 543 g/mol. The molecular formula is C30H27ClN4O4. The first-order chi connectivity index (χ1) is 18.9. The molecule has 1 aromatic heterocycles. The zero-order chi connectivity index (χ0) is 26.9. The molecule has 2 N–H and O–H groups in total. The molecule has 6 rings (SSSR count). The van der Waals surface area contributed by atoms with E-state index in [2.05, 4.69) is 16.9 Å². The number of nitrogens with zero attached hydrogens (tertiary/aromatic N) is 3. The Kier molecular flexibility index (Phi) is 6.72. The highest BCUT2D eigenvalue weighted by Crippen LogP contribution is 2.36. The molecule has 1 saturated heterocycles.